The summed E-state index contributed by atoms with van der Waals surface area (Å²) in [5.41, 5.74) is 2.48. The molecule has 0 spiro atoms. The maximum absolute atomic E-state index is 11.9. The van der Waals surface area contributed by atoms with Crippen molar-refractivity contribution in [3.05, 3.63) is 11.9 Å². The Morgan fingerprint density at radius 2 is 2.00 bits per heavy atom. The Kier molecular flexibility index (Phi) is 7.41. The van der Waals surface area contributed by atoms with Gasteiger partial charge in [0.1, 0.15) is 18.2 Å². The van der Waals surface area contributed by atoms with Crippen molar-refractivity contribution in [1.82, 2.24) is 14.9 Å². The van der Waals surface area contributed by atoms with Crippen LogP contribution in [0.1, 0.15) is 26.1 Å². The summed E-state index contributed by atoms with van der Waals surface area (Å²) in [5.74, 6) is 7.11. The number of carbonyl (C=O) groups excluding carboxylic acids is 1. The molecule has 8 nitrogen and oxygen atoms in total. The fourth-order valence-electron chi connectivity index (χ4n) is 1.89. The molecule has 8 heteroatoms. The van der Waals surface area contributed by atoms with E-state index in [0.717, 1.165) is 13.1 Å². The van der Waals surface area contributed by atoms with Crippen LogP contribution in [0.2, 0.25) is 0 Å². The monoisotopic (exact) mass is 296 g/mol. The van der Waals surface area contributed by atoms with Gasteiger partial charge in [0.15, 0.2) is 5.82 Å². The third-order valence-electron chi connectivity index (χ3n) is 2.95. The molecule has 1 rings (SSSR count). The highest BCUT2D eigenvalue weighted by Gasteiger charge is 2.09. The van der Waals surface area contributed by atoms with Crippen LogP contribution >= 0.6 is 0 Å². The predicted octanol–water partition coefficient (Wildman–Crippen LogP) is 0.579. The molecule has 1 amide bonds. The van der Waals surface area contributed by atoms with Crippen LogP contribution in [-0.4, -0.2) is 47.5 Å². The van der Waals surface area contributed by atoms with E-state index in [-0.39, 0.29) is 5.91 Å². The molecule has 0 fully saturated rings. The zero-order valence-electron chi connectivity index (χ0n) is 12.8. The molecule has 0 aromatic carbocycles. The smallest absolute Gasteiger partial charge is 0.224 e. The van der Waals surface area contributed by atoms with Crippen molar-refractivity contribution in [1.29, 1.82) is 0 Å². The van der Waals surface area contributed by atoms with Gasteiger partial charge in [0.05, 0.1) is 0 Å². The second kappa shape index (κ2) is 9.09. The van der Waals surface area contributed by atoms with Crippen molar-refractivity contribution < 1.29 is 9.53 Å². The van der Waals surface area contributed by atoms with E-state index in [1.165, 1.54) is 0 Å². The van der Waals surface area contributed by atoms with Crippen molar-refractivity contribution in [2.45, 2.75) is 26.9 Å². The first-order chi connectivity index (χ1) is 10.1. The van der Waals surface area contributed by atoms with E-state index in [9.17, 15) is 4.79 Å². The number of methoxy groups -OCH3 is 1. The molecule has 4 N–H and O–H groups in total. The van der Waals surface area contributed by atoms with Crippen molar-refractivity contribution in [2.24, 2.45) is 5.84 Å². The molecule has 0 bridgehead atoms. The van der Waals surface area contributed by atoms with Crippen LogP contribution in [0.5, 0.6) is 0 Å². The number of nitrogens with one attached hydrogen (secondary N) is 2. The number of carbonyl (C=O) groups is 1. The van der Waals surface area contributed by atoms with Crippen molar-refractivity contribution in [3.63, 3.8) is 0 Å². The number of anilines is 2. The Morgan fingerprint density at radius 3 is 2.57 bits per heavy atom. The van der Waals surface area contributed by atoms with E-state index >= 15 is 0 Å². The fraction of sp³-hybridized carbons (Fsp3) is 0.615. The lowest BCUT2D eigenvalue weighted by Crippen LogP contribution is -2.31. The number of nitrogen functional groups attached to an aromatic ring is 1. The predicted molar refractivity (Wildman–Crippen MR) is 81.6 cm³/mol. The Morgan fingerprint density at radius 1 is 1.33 bits per heavy atom. The molecule has 1 aromatic heterocycles. The van der Waals surface area contributed by atoms with Gasteiger partial charge >= 0.3 is 0 Å². The number of amides is 1. The second-order valence-electron chi connectivity index (χ2n) is 4.37. The van der Waals surface area contributed by atoms with Crippen LogP contribution in [0, 0.1) is 0 Å². The first kappa shape index (κ1) is 17.1. The van der Waals surface area contributed by atoms with Crippen molar-refractivity contribution in [2.75, 3.05) is 37.5 Å². The average molecular weight is 296 g/mol. The van der Waals surface area contributed by atoms with Gasteiger partial charge in [-0.2, -0.15) is 0 Å². The Bertz CT molecular complexity index is 450. The number of hydrazine groups is 1. The van der Waals surface area contributed by atoms with Crippen LogP contribution in [-0.2, 0) is 16.1 Å². The molecule has 0 saturated carbocycles. The number of hydrogen-bond acceptors (Lipinski definition) is 7. The largest absolute Gasteiger partial charge is 0.377 e. The molecule has 0 aliphatic rings. The van der Waals surface area contributed by atoms with Gasteiger partial charge in [-0.1, -0.05) is 0 Å². The molecule has 118 valence electrons. The highest BCUT2D eigenvalue weighted by atomic mass is 16.5. The highest BCUT2D eigenvalue weighted by molar-refractivity contribution is 5.76. The average Bonchev–Trinajstić information content (AvgIpc) is 2.48. The molecule has 0 unspecified atom stereocenters. The van der Waals surface area contributed by atoms with Crippen LogP contribution in [0.4, 0.5) is 11.6 Å². The third-order valence-corrected chi connectivity index (χ3v) is 2.95. The van der Waals surface area contributed by atoms with Crippen LogP contribution < -0.4 is 16.6 Å². The fourth-order valence-corrected chi connectivity index (χ4v) is 1.89. The Hall–Kier alpha value is -1.93. The van der Waals surface area contributed by atoms with Gasteiger partial charge < -0.3 is 20.4 Å². The third kappa shape index (κ3) is 5.52. The lowest BCUT2D eigenvalue weighted by molar-refractivity contribution is -0.130. The van der Waals surface area contributed by atoms with E-state index in [2.05, 4.69) is 20.7 Å². The zero-order valence-corrected chi connectivity index (χ0v) is 12.8. The van der Waals surface area contributed by atoms with E-state index in [1.807, 2.05) is 13.8 Å². The van der Waals surface area contributed by atoms with Gasteiger partial charge in [0.2, 0.25) is 5.91 Å². The summed E-state index contributed by atoms with van der Waals surface area (Å²) in [7, 11) is 1.57. The molecular weight excluding hydrogens is 272 g/mol. The number of ether oxygens (including phenoxy) is 1. The first-order valence-electron chi connectivity index (χ1n) is 6.99. The number of nitrogens with zero attached hydrogens (tertiary/aromatic N) is 3. The molecule has 1 aromatic rings. The number of nitrogens with two attached hydrogens (primary N) is 1. The van der Waals surface area contributed by atoms with E-state index < -0.39 is 0 Å². The lowest BCUT2D eigenvalue weighted by Gasteiger charge is -2.18. The number of aromatic nitrogens is 2. The molecule has 0 saturated heterocycles. The van der Waals surface area contributed by atoms with Gasteiger partial charge in [-0.05, 0) is 13.8 Å². The number of rotatable bonds is 9. The maximum atomic E-state index is 11.9. The second-order valence-corrected chi connectivity index (χ2v) is 4.37. The van der Waals surface area contributed by atoms with Crippen LogP contribution in [0.3, 0.4) is 0 Å². The standard InChI is InChI=1S/C13H24N6O2/c1-4-19(5-2)13(20)6-7-15-10-8-11(18-14)17-12(16-10)9-21-3/h8H,4-7,9,14H2,1-3H3,(H2,15,16,17,18). The molecule has 21 heavy (non-hydrogen) atoms. The lowest BCUT2D eigenvalue weighted by atomic mass is 10.3. The summed E-state index contributed by atoms with van der Waals surface area (Å²) < 4.78 is 5.00. The van der Waals surface area contributed by atoms with Crippen molar-refractivity contribution in [3.8, 4) is 0 Å². The normalized spacial score (nSPS) is 10.3. The summed E-state index contributed by atoms with van der Waals surface area (Å²) in [6, 6.07) is 1.68. The molecule has 0 aliphatic carbocycles. The van der Waals surface area contributed by atoms with E-state index in [4.69, 9.17) is 10.6 Å². The number of hydrogen-bond donors (Lipinski definition) is 3. The summed E-state index contributed by atoms with van der Waals surface area (Å²) >= 11 is 0. The minimum Gasteiger partial charge on any atom is -0.377 e. The molecule has 0 atom stereocenters. The van der Waals surface area contributed by atoms with Crippen LogP contribution in [0.15, 0.2) is 6.07 Å². The summed E-state index contributed by atoms with van der Waals surface area (Å²) in [6.07, 6.45) is 0.413. The summed E-state index contributed by atoms with van der Waals surface area (Å²) in [4.78, 5) is 22.1. The van der Waals surface area contributed by atoms with Gasteiger partial charge in [-0.3, -0.25) is 4.79 Å². The Balaban J connectivity index is 2.58. The van der Waals surface area contributed by atoms with E-state index in [0.29, 0.717) is 37.0 Å². The first-order valence-corrected chi connectivity index (χ1v) is 6.99. The summed E-state index contributed by atoms with van der Waals surface area (Å²) in [5, 5.41) is 3.10. The summed E-state index contributed by atoms with van der Waals surface area (Å²) in [6.45, 7) is 6.18. The molecule has 0 aliphatic heterocycles. The van der Waals surface area contributed by atoms with Crippen molar-refractivity contribution >= 4 is 17.5 Å². The highest BCUT2D eigenvalue weighted by Crippen LogP contribution is 2.11. The van der Waals surface area contributed by atoms with Gasteiger partial charge in [0, 0.05) is 39.2 Å². The topological polar surface area (TPSA) is 105 Å². The van der Waals surface area contributed by atoms with E-state index in [1.54, 1.807) is 18.1 Å². The quantitative estimate of drug-likeness (QED) is 0.452. The molecular formula is C13H24N6O2. The molecule has 1 heterocycles. The zero-order chi connectivity index (χ0) is 15.7. The SMILES string of the molecule is CCN(CC)C(=O)CCNc1cc(NN)nc(COC)n1. The van der Waals surface area contributed by atoms with Gasteiger partial charge in [-0.15, -0.1) is 0 Å². The van der Waals surface area contributed by atoms with Crippen LogP contribution in [0.25, 0.3) is 0 Å². The minimum absolute atomic E-state index is 0.121. The van der Waals surface area contributed by atoms with Gasteiger partial charge in [-0.25, -0.2) is 15.8 Å². The maximum Gasteiger partial charge on any atom is 0.224 e. The minimum atomic E-state index is 0.121. The Labute approximate surface area is 125 Å². The van der Waals surface area contributed by atoms with Gasteiger partial charge in [0.25, 0.3) is 0 Å². The molecule has 0 radical (unpaired) electrons.